The van der Waals surface area contributed by atoms with Crippen LogP contribution in [-0.4, -0.2) is 61.6 Å². The standard InChI is InChI=1S/C24H42N2O6S2/c27-33(28,29)17-5-1-15(2-6-17)19-11-13-25-23-21(19)9-10-22-20(12-14-26-24(22)23)16-3-7-18(8-4-16)34(30,31)32/h15-26H,1-14H2,(H,27,28,29)(H,30,31,32). The fraction of sp³-hybridized carbons (Fsp3) is 1.00. The van der Waals surface area contributed by atoms with Gasteiger partial charge in [0, 0.05) is 12.1 Å². The van der Waals surface area contributed by atoms with E-state index in [1.54, 1.807) is 0 Å². The molecule has 34 heavy (non-hydrogen) atoms. The molecular formula is C24H42N2O6S2. The molecule has 4 N–H and O–H groups in total. The van der Waals surface area contributed by atoms with Gasteiger partial charge in [-0.3, -0.25) is 9.11 Å². The fourth-order valence-electron chi connectivity index (χ4n) is 8.86. The number of hydrogen-bond acceptors (Lipinski definition) is 6. The molecule has 196 valence electrons. The Morgan fingerprint density at radius 1 is 0.471 bits per heavy atom. The first-order valence-electron chi connectivity index (χ1n) is 13.5. The zero-order chi connectivity index (χ0) is 24.1. The van der Waals surface area contributed by atoms with Crippen molar-refractivity contribution in [2.45, 2.75) is 99.6 Å². The predicted molar refractivity (Wildman–Crippen MR) is 131 cm³/mol. The predicted octanol–water partition coefficient (Wildman–Crippen LogP) is 2.86. The zero-order valence-corrected chi connectivity index (χ0v) is 21.6. The molecule has 0 aromatic rings. The zero-order valence-electron chi connectivity index (χ0n) is 20.0. The van der Waals surface area contributed by atoms with E-state index in [2.05, 4.69) is 10.6 Å². The minimum Gasteiger partial charge on any atom is -0.312 e. The summed E-state index contributed by atoms with van der Waals surface area (Å²) in [7, 11) is -7.83. The maximum Gasteiger partial charge on any atom is 0.267 e. The summed E-state index contributed by atoms with van der Waals surface area (Å²) in [4.78, 5) is 0. The molecule has 2 saturated heterocycles. The molecule has 0 bridgehead atoms. The van der Waals surface area contributed by atoms with E-state index in [-0.39, 0.29) is 0 Å². The van der Waals surface area contributed by atoms with E-state index in [1.165, 1.54) is 12.8 Å². The minimum absolute atomic E-state index is 0.453. The first-order chi connectivity index (χ1) is 16.1. The lowest BCUT2D eigenvalue weighted by atomic mass is 9.57. The first kappa shape index (κ1) is 25.4. The molecule has 8 nitrogen and oxygen atoms in total. The topological polar surface area (TPSA) is 133 Å². The lowest BCUT2D eigenvalue weighted by Gasteiger charge is -2.56. The van der Waals surface area contributed by atoms with Crippen LogP contribution in [0.5, 0.6) is 0 Å². The normalized spacial score (nSPS) is 46.3. The van der Waals surface area contributed by atoms with Crippen LogP contribution in [0.3, 0.4) is 0 Å². The molecule has 5 fully saturated rings. The second kappa shape index (κ2) is 9.89. The van der Waals surface area contributed by atoms with Gasteiger partial charge in [0.2, 0.25) is 0 Å². The number of hydrogen-bond donors (Lipinski definition) is 4. The summed E-state index contributed by atoms with van der Waals surface area (Å²) in [6.07, 6.45) is 10.7. The van der Waals surface area contributed by atoms with Crippen LogP contribution < -0.4 is 10.6 Å². The largest absolute Gasteiger partial charge is 0.312 e. The summed E-state index contributed by atoms with van der Waals surface area (Å²) in [6, 6.07) is 0.905. The highest BCUT2D eigenvalue weighted by atomic mass is 32.2. The van der Waals surface area contributed by atoms with E-state index in [1.807, 2.05) is 0 Å². The molecule has 5 rings (SSSR count). The molecule has 6 atom stereocenters. The molecule has 6 unspecified atom stereocenters. The van der Waals surface area contributed by atoms with Crippen LogP contribution in [0.1, 0.15) is 77.0 Å². The maximum absolute atomic E-state index is 11.6. The van der Waals surface area contributed by atoms with Gasteiger partial charge in [0.25, 0.3) is 20.2 Å². The first-order valence-corrected chi connectivity index (χ1v) is 16.5. The second-order valence-corrected chi connectivity index (χ2v) is 15.3. The molecule has 2 heterocycles. The summed E-state index contributed by atoms with van der Waals surface area (Å²) >= 11 is 0. The third-order valence-corrected chi connectivity index (χ3v) is 13.1. The molecule has 2 aliphatic heterocycles. The Kier molecular flexibility index (Phi) is 7.39. The maximum atomic E-state index is 11.6. The second-order valence-electron chi connectivity index (χ2n) is 11.9. The summed E-state index contributed by atoms with van der Waals surface area (Å²) in [5.74, 6) is 3.59. The van der Waals surface area contributed by atoms with Gasteiger partial charge in [-0.2, -0.15) is 16.8 Å². The van der Waals surface area contributed by atoms with Crippen molar-refractivity contribution in [3.8, 4) is 0 Å². The smallest absolute Gasteiger partial charge is 0.267 e. The van der Waals surface area contributed by atoms with Crippen LogP contribution in [0.4, 0.5) is 0 Å². The molecule has 3 saturated carbocycles. The van der Waals surface area contributed by atoms with Crippen molar-refractivity contribution >= 4 is 20.2 Å². The number of nitrogens with one attached hydrogen (secondary N) is 2. The van der Waals surface area contributed by atoms with Crippen LogP contribution >= 0.6 is 0 Å². The van der Waals surface area contributed by atoms with Crippen LogP contribution in [-0.2, 0) is 20.2 Å². The molecule has 0 radical (unpaired) electrons. The van der Waals surface area contributed by atoms with Gasteiger partial charge in [-0.25, -0.2) is 0 Å². The van der Waals surface area contributed by atoms with Crippen molar-refractivity contribution in [2.24, 2.45) is 35.5 Å². The minimum atomic E-state index is -3.92. The Morgan fingerprint density at radius 2 is 0.824 bits per heavy atom. The lowest BCUT2D eigenvalue weighted by Crippen LogP contribution is -2.66. The Hall–Kier alpha value is -0.260. The van der Waals surface area contributed by atoms with Gasteiger partial charge in [0.05, 0.1) is 10.5 Å². The van der Waals surface area contributed by atoms with Gasteiger partial charge in [-0.1, -0.05) is 0 Å². The summed E-state index contributed by atoms with van der Waals surface area (Å²) in [6.45, 7) is 2.03. The molecule has 0 spiro atoms. The summed E-state index contributed by atoms with van der Waals surface area (Å²) in [5.41, 5.74) is 0. The monoisotopic (exact) mass is 518 g/mol. The Balaban J connectivity index is 1.23. The van der Waals surface area contributed by atoms with Crippen molar-refractivity contribution in [1.82, 2.24) is 10.6 Å². The molecule has 3 aliphatic carbocycles. The van der Waals surface area contributed by atoms with E-state index in [0.717, 1.165) is 51.6 Å². The Bertz CT molecular complexity index is 849. The van der Waals surface area contributed by atoms with Crippen molar-refractivity contribution < 1.29 is 25.9 Å². The average Bonchev–Trinajstić information content (AvgIpc) is 2.82. The Morgan fingerprint density at radius 3 is 1.15 bits per heavy atom. The number of piperidine rings is 2. The van der Waals surface area contributed by atoms with E-state index in [4.69, 9.17) is 0 Å². The van der Waals surface area contributed by atoms with Crippen molar-refractivity contribution in [1.29, 1.82) is 0 Å². The van der Waals surface area contributed by atoms with Crippen molar-refractivity contribution in [3.63, 3.8) is 0 Å². The van der Waals surface area contributed by atoms with Gasteiger partial charge in [-0.05, 0) is 126 Å². The van der Waals surface area contributed by atoms with Gasteiger partial charge < -0.3 is 10.6 Å². The molecule has 0 amide bonds. The Labute approximate surface area is 204 Å². The highest BCUT2D eigenvalue weighted by molar-refractivity contribution is 7.86. The van der Waals surface area contributed by atoms with Gasteiger partial charge in [-0.15, -0.1) is 0 Å². The van der Waals surface area contributed by atoms with Crippen LogP contribution in [0.15, 0.2) is 0 Å². The third-order valence-electron chi connectivity index (χ3n) is 10.4. The molecule has 5 aliphatic rings. The SMILES string of the molecule is O=S(=O)(O)C1CCC(C2CCNC3C2CCC2C(C4CCC(S(=O)(=O)O)CC4)CCNC23)CC1. The fourth-order valence-corrected chi connectivity index (χ4v) is 10.6. The van der Waals surface area contributed by atoms with E-state index >= 15 is 0 Å². The van der Waals surface area contributed by atoms with E-state index < -0.39 is 30.7 Å². The highest BCUT2D eigenvalue weighted by Crippen LogP contribution is 2.50. The number of rotatable bonds is 4. The lowest BCUT2D eigenvalue weighted by molar-refractivity contribution is -0.0108. The van der Waals surface area contributed by atoms with Gasteiger partial charge in [0.1, 0.15) is 0 Å². The van der Waals surface area contributed by atoms with Crippen molar-refractivity contribution in [2.75, 3.05) is 13.1 Å². The molecule has 10 heteroatoms. The quantitative estimate of drug-likeness (QED) is 0.418. The van der Waals surface area contributed by atoms with Gasteiger partial charge >= 0.3 is 0 Å². The van der Waals surface area contributed by atoms with Crippen molar-refractivity contribution in [3.05, 3.63) is 0 Å². The number of fused-ring (bicyclic) bond motifs is 3. The van der Waals surface area contributed by atoms with Gasteiger partial charge in [0.15, 0.2) is 0 Å². The van der Waals surface area contributed by atoms with Crippen LogP contribution in [0, 0.1) is 35.5 Å². The molecular weight excluding hydrogens is 476 g/mol. The van der Waals surface area contributed by atoms with E-state index in [9.17, 15) is 25.9 Å². The molecule has 0 aromatic heterocycles. The third kappa shape index (κ3) is 5.09. The van der Waals surface area contributed by atoms with Crippen LogP contribution in [0.25, 0.3) is 0 Å². The summed E-state index contributed by atoms with van der Waals surface area (Å²) < 4.78 is 65.2. The average molecular weight is 519 g/mol. The van der Waals surface area contributed by atoms with E-state index in [0.29, 0.717) is 73.3 Å². The highest BCUT2D eigenvalue weighted by Gasteiger charge is 2.51. The summed E-state index contributed by atoms with van der Waals surface area (Å²) in [5, 5.41) is 6.57. The van der Waals surface area contributed by atoms with Crippen LogP contribution in [0.2, 0.25) is 0 Å². The molecule has 0 aromatic carbocycles.